The Bertz CT molecular complexity index is 462. The summed E-state index contributed by atoms with van der Waals surface area (Å²) in [5, 5.41) is 14.4. The molecule has 0 saturated carbocycles. The van der Waals surface area contributed by atoms with Gasteiger partial charge in [-0.2, -0.15) is 0 Å². The second kappa shape index (κ2) is 7.00. The number of piperidine rings is 1. The molecule has 116 valence electrons. The number of amides is 1. The minimum Gasteiger partial charge on any atom is -0.349 e. The Kier molecular flexibility index (Phi) is 4.82. The van der Waals surface area contributed by atoms with Crippen molar-refractivity contribution in [1.82, 2.24) is 30.5 Å². The summed E-state index contributed by atoms with van der Waals surface area (Å²) in [5.41, 5.74) is 0.426. The molecule has 1 aromatic heterocycles. The van der Waals surface area contributed by atoms with Crippen molar-refractivity contribution >= 4 is 5.91 Å². The molecule has 1 aromatic rings. The number of carbonyl (C=O) groups excluding carboxylic acids is 1. The predicted molar refractivity (Wildman–Crippen MR) is 79.2 cm³/mol. The van der Waals surface area contributed by atoms with Crippen molar-refractivity contribution in [2.75, 3.05) is 39.3 Å². The maximum absolute atomic E-state index is 12.1. The Morgan fingerprint density at radius 1 is 1.33 bits per heavy atom. The van der Waals surface area contributed by atoms with Gasteiger partial charge in [-0.05, 0) is 51.9 Å². The average Bonchev–Trinajstić information content (AvgIpc) is 3.20. The SMILES string of the molecule is O=C(NCCN1CCCC1)c1cn(C2CCNCC2)nn1. The van der Waals surface area contributed by atoms with Gasteiger partial charge < -0.3 is 15.5 Å². The molecule has 3 rings (SSSR count). The van der Waals surface area contributed by atoms with Gasteiger partial charge in [0.05, 0.1) is 12.2 Å². The lowest BCUT2D eigenvalue weighted by molar-refractivity contribution is 0.0944. The number of rotatable bonds is 5. The fourth-order valence-corrected chi connectivity index (χ4v) is 3.05. The third-order valence-corrected chi connectivity index (χ3v) is 4.34. The lowest BCUT2D eigenvalue weighted by Gasteiger charge is -2.22. The van der Waals surface area contributed by atoms with Gasteiger partial charge in [0.2, 0.25) is 0 Å². The second-order valence-corrected chi connectivity index (χ2v) is 5.87. The standard InChI is InChI=1S/C14H24N6O/c21-14(16-7-10-19-8-1-2-9-19)13-11-20(18-17-13)12-3-5-15-6-4-12/h11-12,15H,1-10H2,(H,16,21). The molecule has 0 aliphatic carbocycles. The van der Waals surface area contributed by atoms with Crippen LogP contribution in [0, 0.1) is 0 Å². The number of hydrogen-bond acceptors (Lipinski definition) is 5. The van der Waals surface area contributed by atoms with Crippen LogP contribution in [0.3, 0.4) is 0 Å². The van der Waals surface area contributed by atoms with E-state index in [9.17, 15) is 4.79 Å². The third kappa shape index (κ3) is 3.79. The fraction of sp³-hybridized carbons (Fsp3) is 0.786. The number of carbonyl (C=O) groups is 1. The minimum atomic E-state index is -0.116. The summed E-state index contributed by atoms with van der Waals surface area (Å²) in [5.74, 6) is -0.116. The molecule has 3 heterocycles. The lowest BCUT2D eigenvalue weighted by Crippen LogP contribution is -2.33. The minimum absolute atomic E-state index is 0.116. The summed E-state index contributed by atoms with van der Waals surface area (Å²) in [7, 11) is 0. The van der Waals surface area contributed by atoms with E-state index >= 15 is 0 Å². The maximum atomic E-state index is 12.1. The van der Waals surface area contributed by atoms with Crippen LogP contribution in [-0.2, 0) is 0 Å². The van der Waals surface area contributed by atoms with Crippen LogP contribution in [0.2, 0.25) is 0 Å². The fourth-order valence-electron chi connectivity index (χ4n) is 3.05. The molecule has 0 radical (unpaired) electrons. The molecular weight excluding hydrogens is 268 g/mol. The smallest absolute Gasteiger partial charge is 0.273 e. The van der Waals surface area contributed by atoms with Gasteiger partial charge in [-0.1, -0.05) is 5.21 Å². The van der Waals surface area contributed by atoms with E-state index in [4.69, 9.17) is 0 Å². The summed E-state index contributed by atoms with van der Waals surface area (Å²) in [6, 6.07) is 0.366. The highest BCUT2D eigenvalue weighted by Crippen LogP contribution is 2.16. The first kappa shape index (κ1) is 14.5. The molecule has 2 saturated heterocycles. The normalized spacial score (nSPS) is 20.8. The van der Waals surface area contributed by atoms with Crippen LogP contribution < -0.4 is 10.6 Å². The Labute approximate surface area is 125 Å². The molecule has 7 heteroatoms. The number of nitrogens with zero attached hydrogens (tertiary/aromatic N) is 4. The van der Waals surface area contributed by atoms with Gasteiger partial charge in [-0.25, -0.2) is 4.68 Å². The quantitative estimate of drug-likeness (QED) is 0.801. The molecule has 0 aromatic carbocycles. The van der Waals surface area contributed by atoms with Crippen molar-refractivity contribution in [2.24, 2.45) is 0 Å². The molecule has 2 aliphatic heterocycles. The summed E-state index contributed by atoms with van der Waals surface area (Å²) >= 11 is 0. The molecule has 0 spiro atoms. The van der Waals surface area contributed by atoms with Gasteiger partial charge in [0.15, 0.2) is 5.69 Å². The highest BCUT2D eigenvalue weighted by Gasteiger charge is 2.19. The Morgan fingerprint density at radius 2 is 2.10 bits per heavy atom. The van der Waals surface area contributed by atoms with E-state index in [1.807, 2.05) is 4.68 Å². The zero-order valence-corrected chi connectivity index (χ0v) is 12.4. The second-order valence-electron chi connectivity index (χ2n) is 5.87. The summed E-state index contributed by atoms with van der Waals surface area (Å²) in [4.78, 5) is 14.4. The average molecular weight is 292 g/mol. The first-order valence-corrected chi connectivity index (χ1v) is 7.96. The van der Waals surface area contributed by atoms with Crippen molar-refractivity contribution in [1.29, 1.82) is 0 Å². The van der Waals surface area contributed by atoms with Crippen LogP contribution in [-0.4, -0.2) is 65.1 Å². The molecule has 7 nitrogen and oxygen atoms in total. The van der Waals surface area contributed by atoms with Crippen LogP contribution >= 0.6 is 0 Å². The maximum Gasteiger partial charge on any atom is 0.273 e. The van der Waals surface area contributed by atoms with E-state index in [0.29, 0.717) is 18.3 Å². The number of nitrogens with one attached hydrogen (secondary N) is 2. The van der Waals surface area contributed by atoms with Crippen LogP contribution in [0.1, 0.15) is 42.2 Å². The van der Waals surface area contributed by atoms with Gasteiger partial charge in [-0.3, -0.25) is 4.79 Å². The highest BCUT2D eigenvalue weighted by atomic mass is 16.2. The van der Waals surface area contributed by atoms with Crippen LogP contribution in [0.4, 0.5) is 0 Å². The van der Waals surface area contributed by atoms with E-state index in [2.05, 4.69) is 25.8 Å². The molecule has 0 bridgehead atoms. The Balaban J connectivity index is 1.46. The molecule has 2 N–H and O–H groups in total. The highest BCUT2D eigenvalue weighted by molar-refractivity contribution is 5.91. The lowest BCUT2D eigenvalue weighted by atomic mass is 10.1. The molecular formula is C14H24N6O. The van der Waals surface area contributed by atoms with E-state index in [0.717, 1.165) is 45.6 Å². The van der Waals surface area contributed by atoms with Crippen molar-refractivity contribution in [3.05, 3.63) is 11.9 Å². The molecule has 0 atom stereocenters. The zero-order chi connectivity index (χ0) is 14.5. The number of likely N-dealkylation sites (tertiary alicyclic amines) is 1. The van der Waals surface area contributed by atoms with E-state index in [1.54, 1.807) is 6.20 Å². The van der Waals surface area contributed by atoms with Gasteiger partial charge in [-0.15, -0.1) is 5.10 Å². The Hall–Kier alpha value is -1.47. The predicted octanol–water partition coefficient (Wildman–Crippen LogP) is 0.0282. The molecule has 1 amide bonds. The van der Waals surface area contributed by atoms with Crippen LogP contribution in [0.25, 0.3) is 0 Å². The topological polar surface area (TPSA) is 75.1 Å². The van der Waals surface area contributed by atoms with Crippen LogP contribution in [0.5, 0.6) is 0 Å². The van der Waals surface area contributed by atoms with Gasteiger partial charge in [0.25, 0.3) is 5.91 Å². The van der Waals surface area contributed by atoms with E-state index in [1.165, 1.54) is 12.8 Å². The number of hydrogen-bond donors (Lipinski definition) is 2. The Morgan fingerprint density at radius 3 is 2.86 bits per heavy atom. The van der Waals surface area contributed by atoms with Crippen molar-refractivity contribution < 1.29 is 4.79 Å². The largest absolute Gasteiger partial charge is 0.349 e. The first-order valence-electron chi connectivity index (χ1n) is 7.96. The molecule has 2 aliphatic rings. The van der Waals surface area contributed by atoms with Gasteiger partial charge in [0, 0.05) is 13.1 Å². The van der Waals surface area contributed by atoms with Gasteiger partial charge >= 0.3 is 0 Å². The van der Waals surface area contributed by atoms with Gasteiger partial charge in [0.1, 0.15) is 0 Å². The van der Waals surface area contributed by atoms with E-state index in [-0.39, 0.29) is 5.91 Å². The molecule has 21 heavy (non-hydrogen) atoms. The first-order chi connectivity index (χ1) is 10.3. The van der Waals surface area contributed by atoms with E-state index < -0.39 is 0 Å². The summed E-state index contributed by atoms with van der Waals surface area (Å²) in [6.07, 6.45) is 6.41. The van der Waals surface area contributed by atoms with Crippen molar-refractivity contribution in [3.8, 4) is 0 Å². The third-order valence-electron chi connectivity index (χ3n) is 4.34. The summed E-state index contributed by atoms with van der Waals surface area (Å²) < 4.78 is 1.84. The zero-order valence-electron chi connectivity index (χ0n) is 12.4. The monoisotopic (exact) mass is 292 g/mol. The summed E-state index contributed by atoms with van der Waals surface area (Å²) in [6.45, 7) is 5.92. The van der Waals surface area contributed by atoms with Crippen molar-refractivity contribution in [3.63, 3.8) is 0 Å². The van der Waals surface area contributed by atoms with Crippen molar-refractivity contribution in [2.45, 2.75) is 31.7 Å². The van der Waals surface area contributed by atoms with Crippen LogP contribution in [0.15, 0.2) is 6.20 Å². The molecule has 2 fully saturated rings. The molecule has 0 unspecified atom stereocenters. The number of aromatic nitrogens is 3.